The van der Waals surface area contributed by atoms with Crippen LogP contribution in [0.15, 0.2) is 54.6 Å². The molecule has 4 nitrogen and oxygen atoms in total. The Morgan fingerprint density at radius 2 is 1.56 bits per heavy atom. The maximum absolute atomic E-state index is 12.5. The molecule has 4 rings (SSSR count). The summed E-state index contributed by atoms with van der Waals surface area (Å²) in [6.45, 7) is 0. The Labute approximate surface area is 171 Å². The van der Waals surface area contributed by atoms with E-state index >= 15 is 0 Å². The number of piperidine rings is 1. The van der Waals surface area contributed by atoms with Crippen molar-refractivity contribution in [3.8, 4) is 11.1 Å². The van der Waals surface area contributed by atoms with Gasteiger partial charge in [0.05, 0.1) is 31.9 Å². The third-order valence-electron chi connectivity index (χ3n) is 6.31. The highest BCUT2D eigenvalue weighted by Gasteiger charge is 2.49. The Hall–Kier alpha value is -1.85. The van der Waals surface area contributed by atoms with E-state index in [1.807, 2.05) is 54.6 Å². The third kappa shape index (κ3) is 4.04. The molecule has 0 spiro atoms. The van der Waals surface area contributed by atoms with Gasteiger partial charge >= 0.3 is 6.09 Å². The summed E-state index contributed by atoms with van der Waals surface area (Å²) in [6.07, 6.45) is 4.12. The van der Waals surface area contributed by atoms with Gasteiger partial charge in [0.2, 0.25) is 0 Å². The zero-order valence-electron chi connectivity index (χ0n) is 15.9. The molecule has 2 aromatic carbocycles. The molecule has 0 saturated carbocycles. The smallest absolute Gasteiger partial charge is 0.411 e. The van der Waals surface area contributed by atoms with Crippen LogP contribution in [0.4, 0.5) is 10.5 Å². The molecule has 27 heavy (non-hydrogen) atoms. The lowest BCUT2D eigenvalue weighted by Crippen LogP contribution is -3.00. The van der Waals surface area contributed by atoms with Gasteiger partial charge in [0.25, 0.3) is 0 Å². The lowest BCUT2D eigenvalue weighted by Gasteiger charge is -2.43. The summed E-state index contributed by atoms with van der Waals surface area (Å²) >= 11 is 0. The Bertz CT molecular complexity index is 778. The standard InChI is InChI=1S/C22H26N2O2.BrH/c1-24(2)17-12-13-18(24)15-19(14-17)26-22(25)23-21-11-7-6-10-20(21)16-8-4-3-5-9-16;/h3-11,17-19H,12-15H2,1-2H3;1H. The molecule has 0 aliphatic carbocycles. The number of carbonyl (C=O) groups excluding carboxylic acids is 1. The molecule has 2 fully saturated rings. The van der Waals surface area contributed by atoms with Crippen molar-refractivity contribution in [2.75, 3.05) is 19.4 Å². The zero-order valence-corrected chi connectivity index (χ0v) is 17.5. The van der Waals surface area contributed by atoms with Gasteiger partial charge in [-0.15, -0.1) is 0 Å². The van der Waals surface area contributed by atoms with Gasteiger partial charge in [-0.1, -0.05) is 48.5 Å². The third-order valence-corrected chi connectivity index (χ3v) is 6.31. The van der Waals surface area contributed by atoms with Gasteiger partial charge in [-0.3, -0.25) is 5.32 Å². The van der Waals surface area contributed by atoms with E-state index in [1.54, 1.807) is 0 Å². The van der Waals surface area contributed by atoms with Crippen LogP contribution in [0, 0.1) is 0 Å². The number of fused-ring (bicyclic) bond motifs is 2. The average molecular weight is 431 g/mol. The predicted molar refractivity (Wildman–Crippen MR) is 104 cm³/mol. The van der Waals surface area contributed by atoms with E-state index in [0.29, 0.717) is 12.1 Å². The second-order valence-electron chi connectivity index (χ2n) is 8.05. The largest absolute Gasteiger partial charge is 1.00 e. The number of hydrogen-bond donors (Lipinski definition) is 1. The lowest BCUT2D eigenvalue weighted by atomic mass is 9.98. The first kappa shape index (κ1) is 19.9. The Morgan fingerprint density at radius 3 is 2.22 bits per heavy atom. The van der Waals surface area contributed by atoms with Gasteiger partial charge in [0.15, 0.2) is 0 Å². The molecule has 2 atom stereocenters. The highest BCUT2D eigenvalue weighted by Crippen LogP contribution is 2.40. The van der Waals surface area contributed by atoms with Crippen LogP contribution in [0.25, 0.3) is 11.1 Å². The zero-order chi connectivity index (χ0) is 18.1. The second kappa shape index (κ2) is 8.03. The molecule has 2 bridgehead atoms. The van der Waals surface area contributed by atoms with E-state index in [9.17, 15) is 4.79 Å². The quantitative estimate of drug-likeness (QED) is 0.752. The van der Waals surface area contributed by atoms with Crippen LogP contribution >= 0.6 is 0 Å². The molecule has 2 aromatic rings. The van der Waals surface area contributed by atoms with E-state index in [0.717, 1.165) is 34.1 Å². The number of amides is 1. The SMILES string of the molecule is C[N+]1(C)C2CCC1CC(OC(=O)Nc1ccccc1-c1ccccc1)C2.[Br-]. The first-order chi connectivity index (χ1) is 12.5. The van der Waals surface area contributed by atoms with Crippen LogP contribution in [-0.4, -0.2) is 42.9 Å². The van der Waals surface area contributed by atoms with Gasteiger partial charge in [-0.25, -0.2) is 4.79 Å². The minimum Gasteiger partial charge on any atom is -1.00 e. The molecule has 2 unspecified atom stereocenters. The van der Waals surface area contributed by atoms with Crippen molar-refractivity contribution in [2.45, 2.75) is 43.9 Å². The van der Waals surface area contributed by atoms with Crippen LogP contribution in [0.3, 0.4) is 0 Å². The number of nitrogens with zero attached hydrogens (tertiary/aromatic N) is 1. The van der Waals surface area contributed by atoms with Crippen LogP contribution in [-0.2, 0) is 4.74 Å². The number of halogens is 1. The molecule has 2 heterocycles. The fourth-order valence-corrected chi connectivity index (χ4v) is 4.68. The summed E-state index contributed by atoms with van der Waals surface area (Å²) in [4.78, 5) is 12.5. The summed E-state index contributed by atoms with van der Waals surface area (Å²) in [5.41, 5.74) is 2.88. The number of quaternary nitrogens is 1. The summed E-state index contributed by atoms with van der Waals surface area (Å²) in [5.74, 6) is 0. The lowest BCUT2D eigenvalue weighted by molar-refractivity contribution is -0.931. The first-order valence-corrected chi connectivity index (χ1v) is 9.49. The molecule has 144 valence electrons. The van der Waals surface area contributed by atoms with Gasteiger partial charge in [-0.2, -0.15) is 0 Å². The van der Waals surface area contributed by atoms with Crippen molar-refractivity contribution < 1.29 is 31.0 Å². The van der Waals surface area contributed by atoms with Gasteiger partial charge in [-0.05, 0) is 11.6 Å². The van der Waals surface area contributed by atoms with E-state index in [4.69, 9.17) is 4.74 Å². The Kier molecular flexibility index (Phi) is 5.92. The molecule has 0 aromatic heterocycles. The molecule has 2 saturated heterocycles. The van der Waals surface area contributed by atoms with Crippen LogP contribution < -0.4 is 22.3 Å². The summed E-state index contributed by atoms with van der Waals surface area (Å²) in [6, 6.07) is 19.2. The highest BCUT2D eigenvalue weighted by molar-refractivity contribution is 5.91. The summed E-state index contributed by atoms with van der Waals surface area (Å²) < 4.78 is 6.88. The molecular formula is C22H27BrN2O2. The average Bonchev–Trinajstić information content (AvgIpc) is 2.80. The second-order valence-corrected chi connectivity index (χ2v) is 8.05. The van der Waals surface area contributed by atoms with Crippen molar-refractivity contribution in [3.63, 3.8) is 0 Å². The number of nitrogens with one attached hydrogen (secondary N) is 1. The molecule has 2 aliphatic rings. The maximum atomic E-state index is 12.5. The first-order valence-electron chi connectivity index (χ1n) is 9.49. The molecule has 1 N–H and O–H groups in total. The van der Waals surface area contributed by atoms with E-state index in [-0.39, 0.29) is 29.2 Å². The van der Waals surface area contributed by atoms with Crippen molar-refractivity contribution >= 4 is 11.8 Å². The van der Waals surface area contributed by atoms with Crippen molar-refractivity contribution in [1.82, 2.24) is 0 Å². The van der Waals surface area contributed by atoms with Crippen molar-refractivity contribution in [2.24, 2.45) is 0 Å². The minimum absolute atomic E-state index is 0. The Balaban J connectivity index is 0.00000210. The highest BCUT2D eigenvalue weighted by atomic mass is 79.9. The minimum atomic E-state index is -0.343. The van der Waals surface area contributed by atoms with Crippen molar-refractivity contribution in [1.29, 1.82) is 0 Å². The molecule has 0 radical (unpaired) electrons. The number of ether oxygens (including phenoxy) is 1. The molecular weight excluding hydrogens is 404 g/mol. The van der Waals surface area contributed by atoms with Gasteiger partial charge < -0.3 is 26.2 Å². The molecule has 2 aliphatic heterocycles. The number of para-hydroxylation sites is 1. The molecule has 1 amide bonds. The van der Waals surface area contributed by atoms with Crippen LogP contribution in [0.5, 0.6) is 0 Å². The van der Waals surface area contributed by atoms with E-state index < -0.39 is 0 Å². The fourth-order valence-electron chi connectivity index (χ4n) is 4.68. The summed E-state index contributed by atoms with van der Waals surface area (Å²) in [7, 11) is 4.63. The number of benzene rings is 2. The predicted octanol–water partition coefficient (Wildman–Crippen LogP) is 1.68. The van der Waals surface area contributed by atoms with Gasteiger partial charge in [0, 0.05) is 31.2 Å². The Morgan fingerprint density at radius 1 is 0.963 bits per heavy atom. The number of hydrogen-bond acceptors (Lipinski definition) is 2. The normalized spacial score (nSPS) is 25.3. The van der Waals surface area contributed by atoms with Crippen LogP contribution in [0.2, 0.25) is 0 Å². The fraction of sp³-hybridized carbons (Fsp3) is 0.409. The number of rotatable bonds is 3. The van der Waals surface area contributed by atoms with Crippen molar-refractivity contribution in [3.05, 3.63) is 54.6 Å². The molecule has 5 heteroatoms. The van der Waals surface area contributed by atoms with Gasteiger partial charge in [0.1, 0.15) is 6.10 Å². The maximum Gasteiger partial charge on any atom is 0.411 e. The number of carbonyl (C=O) groups is 1. The van der Waals surface area contributed by atoms with E-state index in [1.165, 1.54) is 12.8 Å². The van der Waals surface area contributed by atoms with E-state index in [2.05, 4.69) is 19.4 Å². The van der Waals surface area contributed by atoms with Crippen LogP contribution in [0.1, 0.15) is 25.7 Å². The topological polar surface area (TPSA) is 38.3 Å². The monoisotopic (exact) mass is 430 g/mol. The summed E-state index contributed by atoms with van der Waals surface area (Å²) in [5, 5.41) is 2.96. The number of anilines is 1.